The third-order valence-corrected chi connectivity index (χ3v) is 3.57. The van der Waals surface area contributed by atoms with Crippen molar-refractivity contribution in [3.8, 4) is 0 Å². The lowest BCUT2D eigenvalue weighted by molar-refractivity contribution is 0.204. The second kappa shape index (κ2) is 6.91. The number of likely N-dealkylation sites (tertiary alicyclic amines) is 1. The number of benzene rings is 1. The lowest BCUT2D eigenvalue weighted by atomic mass is 10.0. The monoisotopic (exact) mass is 245 g/mol. The summed E-state index contributed by atoms with van der Waals surface area (Å²) in [5, 5.41) is 3.68. The van der Waals surface area contributed by atoms with Crippen molar-refractivity contribution >= 4 is 0 Å². The van der Waals surface area contributed by atoms with Gasteiger partial charge in [-0.1, -0.05) is 44.2 Å². The Morgan fingerprint density at radius 2 is 1.83 bits per heavy atom. The average molecular weight is 245 g/mol. The number of piperidine rings is 1. The summed E-state index contributed by atoms with van der Waals surface area (Å²) >= 11 is 0. The van der Waals surface area contributed by atoms with Crippen LogP contribution < -0.4 is 5.32 Å². The van der Waals surface area contributed by atoms with Crippen LogP contribution in [0.25, 0.3) is 0 Å². The van der Waals surface area contributed by atoms with E-state index in [4.69, 9.17) is 0 Å². The quantitative estimate of drug-likeness (QED) is 0.858. The standard InChI is InChI=1S/C16H25N2/c1-14(2)13-18-10-8-16(9-11-18)17-12-15-6-4-3-5-7-15/h3-7,16-17H,8-13H2,1-2H3. The first-order valence-corrected chi connectivity index (χ1v) is 7.03. The Labute approximate surface area is 111 Å². The summed E-state index contributed by atoms with van der Waals surface area (Å²) in [6.45, 7) is 9.09. The minimum Gasteiger partial charge on any atom is -0.310 e. The largest absolute Gasteiger partial charge is 0.310 e. The zero-order valence-corrected chi connectivity index (χ0v) is 11.7. The fourth-order valence-corrected chi connectivity index (χ4v) is 2.60. The van der Waals surface area contributed by atoms with Crippen LogP contribution in [0.15, 0.2) is 30.3 Å². The van der Waals surface area contributed by atoms with Crippen molar-refractivity contribution in [3.05, 3.63) is 41.8 Å². The molecule has 2 rings (SSSR count). The number of hydrogen-bond acceptors (Lipinski definition) is 2. The fourth-order valence-electron chi connectivity index (χ4n) is 2.60. The molecule has 2 heteroatoms. The van der Waals surface area contributed by atoms with E-state index in [2.05, 4.69) is 54.4 Å². The zero-order chi connectivity index (χ0) is 12.8. The highest BCUT2D eigenvalue weighted by Gasteiger charge is 2.18. The van der Waals surface area contributed by atoms with Crippen LogP contribution in [0.4, 0.5) is 0 Å². The molecular weight excluding hydrogens is 220 g/mol. The van der Waals surface area contributed by atoms with Gasteiger partial charge in [-0.3, -0.25) is 0 Å². The molecule has 0 aromatic heterocycles. The first kappa shape index (κ1) is 13.6. The molecule has 1 aliphatic rings. The van der Waals surface area contributed by atoms with Gasteiger partial charge < -0.3 is 10.2 Å². The lowest BCUT2D eigenvalue weighted by Gasteiger charge is -2.33. The fraction of sp³-hybridized carbons (Fsp3) is 0.562. The van der Waals surface area contributed by atoms with Crippen LogP contribution in [0.5, 0.6) is 0 Å². The van der Waals surface area contributed by atoms with Crippen molar-refractivity contribution < 1.29 is 0 Å². The highest BCUT2D eigenvalue weighted by Crippen LogP contribution is 2.13. The van der Waals surface area contributed by atoms with Crippen molar-refractivity contribution in [2.24, 2.45) is 0 Å². The molecule has 1 radical (unpaired) electrons. The number of rotatable bonds is 5. The molecule has 0 spiro atoms. The highest BCUT2D eigenvalue weighted by atomic mass is 15.1. The van der Waals surface area contributed by atoms with Crippen LogP contribution in [0.3, 0.4) is 0 Å². The molecule has 0 unspecified atom stereocenters. The third-order valence-electron chi connectivity index (χ3n) is 3.57. The van der Waals surface area contributed by atoms with Crippen molar-refractivity contribution in [1.82, 2.24) is 10.2 Å². The molecular formula is C16H25N2. The number of nitrogens with zero attached hydrogens (tertiary/aromatic N) is 1. The first-order valence-electron chi connectivity index (χ1n) is 7.03. The van der Waals surface area contributed by atoms with Gasteiger partial charge in [-0.25, -0.2) is 0 Å². The third kappa shape index (κ3) is 4.43. The Balaban J connectivity index is 1.68. The highest BCUT2D eigenvalue weighted by molar-refractivity contribution is 5.14. The Hall–Kier alpha value is -0.860. The predicted octanol–water partition coefficient (Wildman–Crippen LogP) is 2.85. The number of nitrogens with one attached hydrogen (secondary N) is 1. The summed E-state index contributed by atoms with van der Waals surface area (Å²) in [4.78, 5) is 2.57. The molecule has 1 aliphatic heterocycles. The van der Waals surface area contributed by atoms with E-state index in [0.717, 1.165) is 6.54 Å². The van der Waals surface area contributed by atoms with E-state index in [-0.39, 0.29) is 0 Å². The molecule has 99 valence electrons. The smallest absolute Gasteiger partial charge is 0.0208 e. The number of hydrogen-bond donors (Lipinski definition) is 1. The predicted molar refractivity (Wildman–Crippen MR) is 77.3 cm³/mol. The van der Waals surface area contributed by atoms with Crippen molar-refractivity contribution in [1.29, 1.82) is 0 Å². The molecule has 2 nitrogen and oxygen atoms in total. The van der Waals surface area contributed by atoms with Crippen LogP contribution in [-0.2, 0) is 6.54 Å². The first-order chi connectivity index (χ1) is 8.74. The maximum atomic E-state index is 3.68. The van der Waals surface area contributed by atoms with Gasteiger partial charge in [0.05, 0.1) is 0 Å². The lowest BCUT2D eigenvalue weighted by Crippen LogP contribution is -2.43. The summed E-state index contributed by atoms with van der Waals surface area (Å²) < 4.78 is 0. The normalized spacial score (nSPS) is 18.4. The Kier molecular flexibility index (Phi) is 5.21. The maximum absolute atomic E-state index is 3.68. The Morgan fingerprint density at radius 1 is 1.17 bits per heavy atom. The summed E-state index contributed by atoms with van der Waals surface area (Å²) in [6.07, 6.45) is 2.56. The molecule has 1 saturated heterocycles. The van der Waals surface area contributed by atoms with E-state index in [1.54, 1.807) is 0 Å². The Bertz CT molecular complexity index is 326. The summed E-state index contributed by atoms with van der Waals surface area (Å²) in [5.74, 6) is 1.52. The molecule has 0 aliphatic carbocycles. The van der Waals surface area contributed by atoms with Crippen LogP contribution in [0.1, 0.15) is 32.3 Å². The zero-order valence-electron chi connectivity index (χ0n) is 11.7. The molecule has 1 fully saturated rings. The minimum absolute atomic E-state index is 0.693. The molecule has 1 aromatic rings. The maximum Gasteiger partial charge on any atom is 0.0208 e. The van der Waals surface area contributed by atoms with E-state index in [1.807, 2.05) is 0 Å². The van der Waals surface area contributed by atoms with Gasteiger partial charge in [0.25, 0.3) is 0 Å². The second-order valence-corrected chi connectivity index (χ2v) is 5.62. The SMILES string of the molecule is C[C](C)CN1CCC(NCc2ccccc2)CC1. The average Bonchev–Trinajstić information content (AvgIpc) is 2.38. The molecule has 0 saturated carbocycles. The van der Waals surface area contributed by atoms with Crippen LogP contribution in [0.2, 0.25) is 0 Å². The summed E-state index contributed by atoms with van der Waals surface area (Å²) in [5.41, 5.74) is 1.39. The second-order valence-electron chi connectivity index (χ2n) is 5.62. The van der Waals surface area contributed by atoms with Crippen LogP contribution in [0, 0.1) is 5.92 Å². The topological polar surface area (TPSA) is 15.3 Å². The molecule has 1 aromatic carbocycles. The van der Waals surface area contributed by atoms with Gasteiger partial charge in [-0.05, 0) is 37.4 Å². The van der Waals surface area contributed by atoms with Crippen molar-refractivity contribution in [2.75, 3.05) is 19.6 Å². The van der Waals surface area contributed by atoms with Gasteiger partial charge in [0.1, 0.15) is 0 Å². The van der Waals surface area contributed by atoms with Crippen LogP contribution in [-0.4, -0.2) is 30.6 Å². The van der Waals surface area contributed by atoms with Gasteiger partial charge in [0.2, 0.25) is 0 Å². The van der Waals surface area contributed by atoms with Gasteiger partial charge in [0, 0.05) is 19.1 Å². The molecule has 1 heterocycles. The van der Waals surface area contributed by atoms with Crippen LogP contribution >= 0.6 is 0 Å². The molecule has 0 atom stereocenters. The van der Waals surface area contributed by atoms with Crippen molar-refractivity contribution in [2.45, 2.75) is 39.3 Å². The van der Waals surface area contributed by atoms with E-state index in [0.29, 0.717) is 6.04 Å². The minimum atomic E-state index is 0.693. The summed E-state index contributed by atoms with van der Waals surface area (Å²) in [7, 11) is 0. The van der Waals surface area contributed by atoms with E-state index in [1.165, 1.54) is 44.0 Å². The Morgan fingerprint density at radius 3 is 2.44 bits per heavy atom. The summed E-state index contributed by atoms with van der Waals surface area (Å²) in [6, 6.07) is 11.4. The molecule has 0 bridgehead atoms. The molecule has 18 heavy (non-hydrogen) atoms. The van der Waals surface area contributed by atoms with E-state index < -0.39 is 0 Å². The van der Waals surface area contributed by atoms with E-state index >= 15 is 0 Å². The molecule has 1 N–H and O–H groups in total. The van der Waals surface area contributed by atoms with E-state index in [9.17, 15) is 0 Å². The van der Waals surface area contributed by atoms with Gasteiger partial charge in [0.15, 0.2) is 0 Å². The van der Waals surface area contributed by atoms with Gasteiger partial charge in [-0.15, -0.1) is 0 Å². The van der Waals surface area contributed by atoms with Gasteiger partial charge in [-0.2, -0.15) is 0 Å². The van der Waals surface area contributed by atoms with Crippen molar-refractivity contribution in [3.63, 3.8) is 0 Å². The van der Waals surface area contributed by atoms with Gasteiger partial charge >= 0.3 is 0 Å². The molecule has 0 amide bonds.